The molecule has 26 heavy (non-hydrogen) atoms. The van der Waals surface area contributed by atoms with E-state index in [0.29, 0.717) is 6.54 Å². The summed E-state index contributed by atoms with van der Waals surface area (Å²) in [5, 5.41) is 8.73. The van der Waals surface area contributed by atoms with Crippen LogP contribution in [0.25, 0.3) is 0 Å². The molecule has 2 aromatic rings. The smallest absolute Gasteiger partial charge is 0.191 e. The van der Waals surface area contributed by atoms with E-state index < -0.39 is 0 Å². The Labute approximate surface area is 176 Å². The highest BCUT2D eigenvalue weighted by molar-refractivity contribution is 14.0. The van der Waals surface area contributed by atoms with Gasteiger partial charge in [-0.1, -0.05) is 18.2 Å². The lowest BCUT2D eigenvalue weighted by Crippen LogP contribution is -2.39. The molecule has 1 heterocycles. The van der Waals surface area contributed by atoms with Gasteiger partial charge in [-0.15, -0.1) is 35.3 Å². The molecule has 1 aromatic carbocycles. The summed E-state index contributed by atoms with van der Waals surface area (Å²) in [6.07, 6.45) is 0.975. The van der Waals surface area contributed by atoms with Crippen molar-refractivity contribution in [3.63, 3.8) is 0 Å². The fourth-order valence-corrected chi connectivity index (χ4v) is 3.27. The maximum atomic E-state index is 13.5. The molecule has 2 N–H and O–H groups in total. The number of hydrogen-bond donors (Lipinski definition) is 2. The van der Waals surface area contributed by atoms with Crippen LogP contribution in [0.15, 0.2) is 46.8 Å². The lowest BCUT2D eigenvalue weighted by atomic mass is 10.1. The first kappa shape index (κ1) is 22.9. The molecule has 7 heteroatoms. The Balaban J connectivity index is 0.00000338. The van der Waals surface area contributed by atoms with E-state index in [-0.39, 0.29) is 35.8 Å². The molecule has 0 aliphatic rings. The molecule has 0 bridgehead atoms. The van der Waals surface area contributed by atoms with Crippen molar-refractivity contribution in [2.24, 2.45) is 4.99 Å². The molecule has 0 aliphatic heterocycles. The number of thiophene rings is 1. The average molecular weight is 490 g/mol. The Morgan fingerprint density at radius 3 is 2.65 bits per heavy atom. The van der Waals surface area contributed by atoms with Gasteiger partial charge in [-0.25, -0.2) is 4.39 Å². The zero-order chi connectivity index (χ0) is 18.1. The Kier molecular flexibility index (Phi) is 10.8. The van der Waals surface area contributed by atoms with Crippen molar-refractivity contribution in [1.82, 2.24) is 15.5 Å². The summed E-state index contributed by atoms with van der Waals surface area (Å²) in [5.41, 5.74) is 0.934. The normalized spacial score (nSPS) is 12.6. The van der Waals surface area contributed by atoms with E-state index in [9.17, 15) is 4.39 Å². The summed E-state index contributed by atoms with van der Waals surface area (Å²) >= 11 is 1.77. The van der Waals surface area contributed by atoms with Crippen molar-refractivity contribution in [1.29, 1.82) is 0 Å². The molecule has 144 valence electrons. The molecule has 0 saturated carbocycles. The van der Waals surface area contributed by atoms with Gasteiger partial charge in [0, 0.05) is 18.0 Å². The average Bonchev–Trinajstić information content (AvgIpc) is 3.08. The summed E-state index contributed by atoms with van der Waals surface area (Å²) in [7, 11) is 3.98. The van der Waals surface area contributed by atoms with E-state index >= 15 is 0 Å². The fraction of sp³-hybridized carbons (Fsp3) is 0.421. The van der Waals surface area contributed by atoms with Crippen LogP contribution in [0.2, 0.25) is 0 Å². The van der Waals surface area contributed by atoms with Crippen LogP contribution in [0.3, 0.4) is 0 Å². The monoisotopic (exact) mass is 490 g/mol. The largest absolute Gasteiger partial charge is 0.357 e. The molecular weight excluding hydrogens is 462 g/mol. The molecule has 0 radical (unpaired) electrons. The first-order valence-electron chi connectivity index (χ1n) is 8.56. The van der Waals surface area contributed by atoms with Gasteiger partial charge in [0.1, 0.15) is 5.82 Å². The summed E-state index contributed by atoms with van der Waals surface area (Å²) in [5.74, 6) is 0.580. The van der Waals surface area contributed by atoms with Crippen LogP contribution in [0.1, 0.15) is 23.4 Å². The van der Waals surface area contributed by atoms with E-state index in [2.05, 4.69) is 33.0 Å². The van der Waals surface area contributed by atoms with Gasteiger partial charge in [-0.05, 0) is 56.6 Å². The third kappa shape index (κ3) is 7.59. The van der Waals surface area contributed by atoms with Crippen molar-refractivity contribution in [2.45, 2.75) is 19.4 Å². The minimum absolute atomic E-state index is 0. The van der Waals surface area contributed by atoms with Gasteiger partial charge in [-0.3, -0.25) is 4.99 Å². The number of halogens is 2. The molecule has 0 saturated heterocycles. The van der Waals surface area contributed by atoms with Crippen LogP contribution in [0.5, 0.6) is 0 Å². The van der Waals surface area contributed by atoms with Crippen LogP contribution >= 0.6 is 35.3 Å². The first-order valence-corrected chi connectivity index (χ1v) is 9.44. The number of likely N-dealkylation sites (N-methyl/N-ethyl adjacent to an activating group) is 1. The third-order valence-electron chi connectivity index (χ3n) is 3.87. The molecule has 2 rings (SSSR count). The summed E-state index contributed by atoms with van der Waals surface area (Å²) in [4.78, 5) is 8.11. The van der Waals surface area contributed by atoms with Crippen LogP contribution in [-0.4, -0.2) is 44.6 Å². The Bertz CT molecular complexity index is 661. The van der Waals surface area contributed by atoms with Crippen LogP contribution in [-0.2, 0) is 6.42 Å². The van der Waals surface area contributed by atoms with Gasteiger partial charge in [0.2, 0.25) is 0 Å². The van der Waals surface area contributed by atoms with Crippen molar-refractivity contribution in [3.8, 4) is 0 Å². The van der Waals surface area contributed by atoms with Gasteiger partial charge < -0.3 is 15.5 Å². The van der Waals surface area contributed by atoms with Crippen LogP contribution in [0.4, 0.5) is 4.39 Å². The molecule has 4 nitrogen and oxygen atoms in total. The molecule has 0 amide bonds. The second-order valence-corrected chi connectivity index (χ2v) is 7.04. The highest BCUT2D eigenvalue weighted by Crippen LogP contribution is 2.19. The van der Waals surface area contributed by atoms with Crippen molar-refractivity contribution < 1.29 is 4.39 Å². The van der Waals surface area contributed by atoms with Gasteiger partial charge in [0.05, 0.1) is 12.6 Å². The van der Waals surface area contributed by atoms with E-state index in [1.807, 2.05) is 27.1 Å². The SMILES string of the molecule is CCNC(=NCC(c1cccc(F)c1)N(C)C)NCCc1cccs1.I. The highest BCUT2D eigenvalue weighted by atomic mass is 127. The van der Waals surface area contributed by atoms with Crippen LogP contribution in [0, 0.1) is 5.82 Å². The predicted molar refractivity (Wildman–Crippen MR) is 120 cm³/mol. The number of aliphatic imine (C=N–C) groups is 1. The van der Waals surface area contributed by atoms with E-state index in [0.717, 1.165) is 31.0 Å². The van der Waals surface area contributed by atoms with Crippen molar-refractivity contribution in [3.05, 3.63) is 58.0 Å². The number of nitrogens with one attached hydrogen (secondary N) is 2. The zero-order valence-electron chi connectivity index (χ0n) is 15.5. The second kappa shape index (κ2) is 12.2. The lowest BCUT2D eigenvalue weighted by molar-refractivity contribution is 0.305. The number of hydrogen-bond acceptors (Lipinski definition) is 3. The van der Waals surface area contributed by atoms with Gasteiger partial charge in [0.15, 0.2) is 5.96 Å². The van der Waals surface area contributed by atoms with E-state index in [1.54, 1.807) is 23.5 Å². The first-order chi connectivity index (χ1) is 12.1. The molecular formula is C19H28FIN4S. The van der Waals surface area contributed by atoms with E-state index in [1.165, 1.54) is 10.9 Å². The van der Waals surface area contributed by atoms with Crippen molar-refractivity contribution in [2.75, 3.05) is 33.7 Å². The zero-order valence-corrected chi connectivity index (χ0v) is 18.7. The van der Waals surface area contributed by atoms with E-state index in [4.69, 9.17) is 4.99 Å². The predicted octanol–water partition coefficient (Wildman–Crippen LogP) is 3.91. The fourth-order valence-electron chi connectivity index (χ4n) is 2.56. The summed E-state index contributed by atoms with van der Waals surface area (Å²) in [6, 6.07) is 11.0. The maximum absolute atomic E-state index is 13.5. The molecule has 1 atom stereocenters. The Morgan fingerprint density at radius 1 is 1.23 bits per heavy atom. The Hall–Kier alpha value is -1.19. The third-order valence-corrected chi connectivity index (χ3v) is 4.80. The number of nitrogens with zero attached hydrogens (tertiary/aromatic N) is 2. The summed E-state index contributed by atoms with van der Waals surface area (Å²) < 4.78 is 13.5. The molecule has 0 aliphatic carbocycles. The molecule has 0 fully saturated rings. The topological polar surface area (TPSA) is 39.7 Å². The Morgan fingerprint density at radius 2 is 2.04 bits per heavy atom. The van der Waals surface area contributed by atoms with Crippen molar-refractivity contribution >= 4 is 41.3 Å². The second-order valence-electron chi connectivity index (χ2n) is 6.01. The van der Waals surface area contributed by atoms with Gasteiger partial charge in [-0.2, -0.15) is 0 Å². The maximum Gasteiger partial charge on any atom is 0.191 e. The summed E-state index contributed by atoms with van der Waals surface area (Å²) in [6.45, 7) is 4.24. The quantitative estimate of drug-likeness (QED) is 0.335. The number of guanidine groups is 1. The molecule has 0 spiro atoms. The molecule has 1 unspecified atom stereocenters. The standard InChI is InChI=1S/C19H27FN4S.HI/c1-4-21-19(22-11-10-17-9-6-12-25-17)23-14-18(24(2)3)15-7-5-8-16(20)13-15;/h5-9,12-13,18H,4,10-11,14H2,1-3H3,(H2,21,22,23);1H. The highest BCUT2D eigenvalue weighted by Gasteiger charge is 2.14. The number of rotatable bonds is 8. The minimum atomic E-state index is -0.214. The van der Waals surface area contributed by atoms with Gasteiger partial charge >= 0.3 is 0 Å². The van der Waals surface area contributed by atoms with Gasteiger partial charge in [0.25, 0.3) is 0 Å². The van der Waals surface area contributed by atoms with Crippen LogP contribution < -0.4 is 10.6 Å². The number of benzene rings is 1. The lowest BCUT2D eigenvalue weighted by Gasteiger charge is -2.23. The minimum Gasteiger partial charge on any atom is -0.357 e. The molecule has 1 aromatic heterocycles.